The number of fused-ring (bicyclic) bond motifs is 4. The molecule has 80 heavy (non-hydrogen) atoms. The van der Waals surface area contributed by atoms with Crippen LogP contribution in [0.2, 0.25) is 0 Å². The molecular formula is C57H69N7O16. The molecule has 23 heteroatoms. The molecule has 4 heterocycles. The van der Waals surface area contributed by atoms with Gasteiger partial charge in [0.15, 0.2) is 35.5 Å². The molecule has 2 saturated carbocycles. The molecule has 2 aliphatic carbocycles. The monoisotopic (exact) mass is 1110 g/mol. The second-order valence-electron chi connectivity index (χ2n) is 21.7. The van der Waals surface area contributed by atoms with Gasteiger partial charge in [-0.1, -0.05) is 51.3 Å². The summed E-state index contributed by atoms with van der Waals surface area (Å²) < 4.78 is 40.0. The number of carbonyl (C=O) groups is 7. The third kappa shape index (κ3) is 11.7. The van der Waals surface area contributed by atoms with Crippen LogP contribution in [0.15, 0.2) is 73.8 Å². The van der Waals surface area contributed by atoms with Crippen molar-refractivity contribution in [3.8, 4) is 23.0 Å². The highest BCUT2D eigenvalue weighted by Gasteiger charge is 2.59. The number of nitrogens with zero attached hydrogens (tertiary/aromatic N) is 4. The fraction of sp³-hybridized carbons (Fsp3) is 0.491. The molecule has 23 nitrogen and oxygen atoms in total. The molecule has 0 bridgehead atoms. The van der Waals surface area contributed by atoms with E-state index >= 15 is 0 Å². The van der Waals surface area contributed by atoms with E-state index in [2.05, 4.69) is 29.1 Å². The maximum atomic E-state index is 14.4. The van der Waals surface area contributed by atoms with Gasteiger partial charge in [0, 0.05) is 37.3 Å². The summed E-state index contributed by atoms with van der Waals surface area (Å²) in [5.74, 6) is -1.44. The molecule has 7 amide bonds. The normalized spacial score (nSPS) is 21.4. The quantitative estimate of drug-likeness (QED) is 0.0504. The van der Waals surface area contributed by atoms with Crippen LogP contribution in [0.4, 0.5) is 31.4 Å². The van der Waals surface area contributed by atoms with Gasteiger partial charge in [-0.2, -0.15) is 0 Å². The smallest absolute Gasteiger partial charge is 0.416 e. The van der Waals surface area contributed by atoms with Crippen LogP contribution in [-0.4, -0.2) is 152 Å². The molecule has 2 saturated heterocycles. The third-order valence-electron chi connectivity index (χ3n) is 15.7. The predicted molar refractivity (Wildman–Crippen MR) is 288 cm³/mol. The number of benzene rings is 3. The second-order valence-corrected chi connectivity index (χ2v) is 21.7. The Morgan fingerprint density at radius 1 is 0.675 bits per heavy atom. The lowest BCUT2D eigenvalue weighted by molar-refractivity contribution is -0.128. The average Bonchev–Trinajstić information content (AvgIpc) is 4.40. The van der Waals surface area contributed by atoms with Crippen molar-refractivity contribution < 1.29 is 76.9 Å². The number of alkyl carbamates (subject to hydrolysis) is 1. The summed E-state index contributed by atoms with van der Waals surface area (Å²) in [6, 6.07) is 8.99. The number of nitrogens with one attached hydrogen (secondary N) is 3. The minimum absolute atomic E-state index is 0.0188. The van der Waals surface area contributed by atoms with E-state index in [-0.39, 0.29) is 108 Å². The Kier molecular flexibility index (Phi) is 16.5. The van der Waals surface area contributed by atoms with Gasteiger partial charge in [-0.05, 0) is 92.0 Å². The summed E-state index contributed by atoms with van der Waals surface area (Å²) >= 11 is 0. The van der Waals surface area contributed by atoms with Crippen molar-refractivity contribution in [3.05, 3.63) is 90.5 Å². The summed E-state index contributed by atoms with van der Waals surface area (Å²) in [5, 5.41) is 31.7. The van der Waals surface area contributed by atoms with Crippen LogP contribution >= 0.6 is 0 Å². The second kappa shape index (κ2) is 23.3. The van der Waals surface area contributed by atoms with Crippen LogP contribution in [0.25, 0.3) is 0 Å². The van der Waals surface area contributed by atoms with E-state index in [0.717, 1.165) is 35.5 Å². The largest absolute Gasteiger partial charge is 0.493 e. The molecule has 5 N–H and O–H groups in total. The number of carbonyl (C=O) groups excluding carboxylic acids is 7. The number of methoxy groups -OCH3 is 2. The molecule has 2 spiro atoms. The van der Waals surface area contributed by atoms with Crippen LogP contribution in [0.1, 0.15) is 92.0 Å². The molecule has 3 aromatic carbocycles. The van der Waals surface area contributed by atoms with Crippen molar-refractivity contribution in [3.63, 3.8) is 0 Å². The Morgan fingerprint density at radius 2 is 1.16 bits per heavy atom. The van der Waals surface area contributed by atoms with Gasteiger partial charge in [0.1, 0.15) is 31.9 Å². The minimum Gasteiger partial charge on any atom is -0.493 e. The molecule has 6 atom stereocenters. The maximum Gasteiger partial charge on any atom is 0.416 e. The van der Waals surface area contributed by atoms with E-state index in [1.54, 1.807) is 47.9 Å². The van der Waals surface area contributed by atoms with Crippen molar-refractivity contribution in [2.45, 2.75) is 109 Å². The molecule has 9 rings (SSSR count). The number of ether oxygens (including phenoxy) is 7. The minimum atomic E-state index is -1.50. The zero-order valence-corrected chi connectivity index (χ0v) is 45.5. The molecule has 428 valence electrons. The first kappa shape index (κ1) is 56.7. The molecule has 0 radical (unpaired) electrons. The highest BCUT2D eigenvalue weighted by atomic mass is 16.6. The molecule has 4 aliphatic heterocycles. The van der Waals surface area contributed by atoms with E-state index in [0.29, 0.717) is 37.2 Å². The number of hydrogen-bond acceptors (Lipinski definition) is 16. The number of rotatable bonds is 20. The van der Waals surface area contributed by atoms with Crippen LogP contribution in [-0.2, 0) is 30.4 Å². The first-order chi connectivity index (χ1) is 38.3. The summed E-state index contributed by atoms with van der Waals surface area (Å²) in [4.78, 5) is 100. The maximum absolute atomic E-state index is 14.4. The molecule has 0 aromatic heterocycles. The van der Waals surface area contributed by atoms with Crippen molar-refractivity contribution in [1.29, 1.82) is 0 Å². The van der Waals surface area contributed by atoms with Crippen molar-refractivity contribution >= 4 is 59.0 Å². The van der Waals surface area contributed by atoms with Crippen LogP contribution in [0.5, 0.6) is 23.0 Å². The average molecular weight is 1110 g/mol. The third-order valence-corrected chi connectivity index (χ3v) is 15.7. The van der Waals surface area contributed by atoms with Gasteiger partial charge in [0.25, 0.3) is 11.8 Å². The van der Waals surface area contributed by atoms with Crippen molar-refractivity contribution in [2.24, 2.45) is 16.7 Å². The number of aliphatic hydroxyl groups is 2. The van der Waals surface area contributed by atoms with E-state index in [4.69, 9.17) is 33.2 Å². The Bertz CT molecular complexity index is 2920. The lowest BCUT2D eigenvalue weighted by Crippen LogP contribution is -2.53. The van der Waals surface area contributed by atoms with Gasteiger partial charge in [0.2, 0.25) is 11.8 Å². The number of hydrogen-bond donors (Lipinski definition) is 5. The first-order valence-corrected chi connectivity index (χ1v) is 26.8. The number of aliphatic hydroxyl groups excluding tert-OH is 2. The highest BCUT2D eigenvalue weighted by Crippen LogP contribution is 2.58. The lowest BCUT2D eigenvalue weighted by atomic mass is 10.0. The van der Waals surface area contributed by atoms with Crippen LogP contribution in [0.3, 0.4) is 0 Å². The van der Waals surface area contributed by atoms with Crippen molar-refractivity contribution in [1.82, 2.24) is 20.4 Å². The first-order valence-electron chi connectivity index (χ1n) is 26.8. The van der Waals surface area contributed by atoms with E-state index in [1.165, 1.54) is 57.6 Å². The van der Waals surface area contributed by atoms with Gasteiger partial charge in [-0.15, -0.1) is 0 Å². The Labute approximate surface area is 463 Å². The van der Waals surface area contributed by atoms with Crippen LogP contribution in [0, 0.1) is 16.7 Å². The molecule has 4 unspecified atom stereocenters. The SMILES string of the molecule is C=CCOC(=O)NC(C(=O)NC(C)C(=O)Nc1ccc(COC(=O)N2c3cc(OCCCOc4cc5c(cc4OC)C(=O)N4CC6(CC6)C[C@H]4C(O)N5C(=O)OCC=C)c(OC)cc3C(=O)N3CC4(CC4)C[C@H]3C2O)cc1)C(C)C. The molecular weight excluding hydrogens is 1040 g/mol. The number of anilines is 3. The van der Waals surface area contributed by atoms with Crippen molar-refractivity contribution in [2.75, 3.05) is 68.9 Å². The Hall–Kier alpha value is -8.05. The van der Waals surface area contributed by atoms with Gasteiger partial charge in [-0.25, -0.2) is 24.2 Å². The molecule has 6 aliphatic rings. The van der Waals surface area contributed by atoms with Gasteiger partial charge in [0.05, 0.1) is 62.0 Å². The standard InChI is InChI=1S/C57H69N7O16/c1-8-19-78-53(71)60-46(32(3)4)48(66)58-33(5)47(65)59-35-13-11-34(12-14-35)29-80-55(73)64-39-26-45(43(75-7)24-37(39)50(68)62-31-57(17-18-57)28-41(62)52(64)70)77-22-10-21-76-44-25-38-36(23-42(44)74-6)49(67)61-30-56(15-16-56)27-40(61)51(69)63(38)54(72)79-20-9-2/h8-9,11-14,23-26,32-33,40-41,46,51-52,69-70H,1-2,10,15-22,27-31H2,3-7H3,(H,58,66)(H,59,65)(H,60,71)/t33?,40-,41-,46?,51?,52?/m0/s1. The summed E-state index contributed by atoms with van der Waals surface area (Å²) in [6.07, 6.45) is 2.21. The molecule has 3 aromatic rings. The summed E-state index contributed by atoms with van der Waals surface area (Å²) in [5.41, 5.74) is 1.05. The van der Waals surface area contributed by atoms with E-state index in [1.807, 2.05) is 0 Å². The predicted octanol–water partition coefficient (Wildman–Crippen LogP) is 5.86. The highest BCUT2D eigenvalue weighted by molar-refractivity contribution is 6.07. The Balaban J connectivity index is 0.867. The fourth-order valence-corrected chi connectivity index (χ4v) is 11.0. The zero-order chi connectivity index (χ0) is 57.2. The van der Waals surface area contributed by atoms with E-state index in [9.17, 15) is 43.8 Å². The number of amides is 7. The summed E-state index contributed by atoms with van der Waals surface area (Å²) in [6.45, 7) is 12.6. The van der Waals surface area contributed by atoms with Gasteiger partial charge >= 0.3 is 18.3 Å². The molecule has 4 fully saturated rings. The van der Waals surface area contributed by atoms with E-state index < -0.39 is 72.6 Å². The fourth-order valence-electron chi connectivity index (χ4n) is 11.0. The zero-order valence-electron chi connectivity index (χ0n) is 45.5. The van der Waals surface area contributed by atoms with Gasteiger partial charge in [-0.3, -0.25) is 19.2 Å². The van der Waals surface area contributed by atoms with Gasteiger partial charge < -0.3 is 69.1 Å². The summed E-state index contributed by atoms with van der Waals surface area (Å²) in [7, 11) is 2.84. The Morgan fingerprint density at radius 3 is 1.62 bits per heavy atom. The lowest BCUT2D eigenvalue weighted by Gasteiger charge is -2.31. The van der Waals surface area contributed by atoms with Crippen LogP contribution < -0.4 is 44.7 Å². The topological polar surface area (TPSA) is 274 Å².